The Labute approximate surface area is 148 Å². The molecular weight excluding hydrogens is 332 g/mol. The normalized spacial score (nSPS) is 10.7. The molecule has 3 aromatic heterocycles. The van der Waals surface area contributed by atoms with Crippen LogP contribution in [-0.2, 0) is 6.54 Å². The van der Waals surface area contributed by atoms with E-state index in [1.807, 2.05) is 36.4 Å². The molecule has 1 amide bonds. The molecule has 0 aliphatic heterocycles. The highest BCUT2D eigenvalue weighted by atomic mass is 32.1. The molecule has 0 fully saturated rings. The van der Waals surface area contributed by atoms with Crippen molar-refractivity contribution in [3.05, 3.63) is 77.7 Å². The first kappa shape index (κ1) is 15.4. The Morgan fingerprint density at radius 1 is 1.04 bits per heavy atom. The van der Waals surface area contributed by atoms with Gasteiger partial charge in [-0.25, -0.2) is 4.98 Å². The summed E-state index contributed by atoms with van der Waals surface area (Å²) in [6, 6.07) is 13.2. The zero-order valence-corrected chi connectivity index (χ0v) is 14.0. The summed E-state index contributed by atoms with van der Waals surface area (Å²) >= 11 is 1.53. The Morgan fingerprint density at radius 3 is 2.80 bits per heavy atom. The van der Waals surface area contributed by atoms with Gasteiger partial charge < -0.3 is 5.32 Å². The van der Waals surface area contributed by atoms with Crippen LogP contribution < -0.4 is 5.32 Å². The van der Waals surface area contributed by atoms with Crippen LogP contribution in [0, 0.1) is 0 Å². The van der Waals surface area contributed by atoms with Crippen molar-refractivity contribution in [1.29, 1.82) is 0 Å². The predicted molar refractivity (Wildman–Crippen MR) is 98.3 cm³/mol. The van der Waals surface area contributed by atoms with Crippen LogP contribution in [0.1, 0.15) is 15.9 Å². The van der Waals surface area contributed by atoms with Crippen LogP contribution >= 0.6 is 11.3 Å². The molecule has 0 aliphatic carbocycles. The molecule has 0 radical (unpaired) electrons. The first-order chi connectivity index (χ1) is 12.3. The summed E-state index contributed by atoms with van der Waals surface area (Å²) in [5.41, 5.74) is 6.11. The standard InChI is InChI=1S/C19H14N4OS/c24-19(14-3-4-16-17(10-14)25-12-23-16)22-11-15-2-1-7-21-18(15)13-5-8-20-9-6-13/h1-10,12H,11H2,(H,22,24). The molecule has 1 aromatic carbocycles. The van der Waals surface area contributed by atoms with Gasteiger partial charge in [-0.05, 0) is 42.0 Å². The number of amides is 1. The number of pyridine rings is 2. The van der Waals surface area contributed by atoms with Crippen molar-refractivity contribution in [2.45, 2.75) is 6.54 Å². The van der Waals surface area contributed by atoms with Gasteiger partial charge in [0.2, 0.25) is 0 Å². The second kappa shape index (κ2) is 6.78. The Balaban J connectivity index is 1.54. The summed E-state index contributed by atoms with van der Waals surface area (Å²) in [5.74, 6) is -0.111. The van der Waals surface area contributed by atoms with E-state index in [0.717, 1.165) is 27.0 Å². The zero-order valence-electron chi connectivity index (χ0n) is 13.2. The number of fused-ring (bicyclic) bond motifs is 1. The number of benzene rings is 1. The van der Waals surface area contributed by atoms with Gasteiger partial charge in [-0.3, -0.25) is 14.8 Å². The van der Waals surface area contributed by atoms with Crippen LogP contribution in [0.15, 0.2) is 66.6 Å². The molecule has 0 spiro atoms. The average Bonchev–Trinajstić information content (AvgIpc) is 3.15. The summed E-state index contributed by atoms with van der Waals surface area (Å²) in [4.78, 5) is 25.2. The van der Waals surface area contributed by atoms with Crippen molar-refractivity contribution in [1.82, 2.24) is 20.3 Å². The van der Waals surface area contributed by atoms with Gasteiger partial charge >= 0.3 is 0 Å². The summed E-state index contributed by atoms with van der Waals surface area (Å²) in [7, 11) is 0. The van der Waals surface area contributed by atoms with Crippen LogP contribution in [-0.4, -0.2) is 20.9 Å². The fraction of sp³-hybridized carbons (Fsp3) is 0.0526. The number of aromatic nitrogens is 3. The smallest absolute Gasteiger partial charge is 0.251 e. The molecule has 122 valence electrons. The van der Waals surface area contributed by atoms with Crippen molar-refractivity contribution in [3.63, 3.8) is 0 Å². The van der Waals surface area contributed by atoms with Crippen LogP contribution in [0.3, 0.4) is 0 Å². The molecule has 5 nitrogen and oxygen atoms in total. The molecule has 1 N–H and O–H groups in total. The number of carbonyl (C=O) groups excluding carboxylic acids is 1. The van der Waals surface area contributed by atoms with E-state index in [1.54, 1.807) is 30.2 Å². The molecule has 3 heterocycles. The van der Waals surface area contributed by atoms with Gasteiger partial charge in [-0.1, -0.05) is 6.07 Å². The third-order valence-electron chi connectivity index (χ3n) is 3.88. The predicted octanol–water partition coefficient (Wildman–Crippen LogP) is 3.68. The molecule has 25 heavy (non-hydrogen) atoms. The Morgan fingerprint density at radius 2 is 1.92 bits per heavy atom. The van der Waals surface area contributed by atoms with Crippen molar-refractivity contribution >= 4 is 27.5 Å². The van der Waals surface area contributed by atoms with Crippen LogP contribution in [0.4, 0.5) is 0 Å². The molecule has 0 saturated carbocycles. The molecular formula is C19H14N4OS. The number of hydrogen-bond acceptors (Lipinski definition) is 5. The van der Waals surface area contributed by atoms with Crippen molar-refractivity contribution < 1.29 is 4.79 Å². The fourth-order valence-corrected chi connectivity index (χ4v) is 3.34. The molecule has 0 saturated heterocycles. The average molecular weight is 346 g/mol. The highest BCUT2D eigenvalue weighted by molar-refractivity contribution is 7.16. The summed E-state index contributed by atoms with van der Waals surface area (Å²) < 4.78 is 1.01. The fourth-order valence-electron chi connectivity index (χ4n) is 2.62. The second-order valence-corrected chi connectivity index (χ2v) is 6.35. The molecule has 4 rings (SSSR count). The Kier molecular flexibility index (Phi) is 4.18. The van der Waals surface area contributed by atoms with Gasteiger partial charge in [0, 0.05) is 36.3 Å². The van der Waals surface area contributed by atoms with Crippen LogP contribution in [0.5, 0.6) is 0 Å². The van der Waals surface area contributed by atoms with Crippen LogP contribution in [0.2, 0.25) is 0 Å². The number of rotatable bonds is 4. The maximum Gasteiger partial charge on any atom is 0.251 e. The largest absolute Gasteiger partial charge is 0.348 e. The van der Waals surface area contributed by atoms with Crippen molar-refractivity contribution in [2.75, 3.05) is 0 Å². The first-order valence-corrected chi connectivity index (χ1v) is 8.65. The molecule has 0 atom stereocenters. The topological polar surface area (TPSA) is 67.8 Å². The van der Waals surface area contributed by atoms with E-state index in [4.69, 9.17) is 0 Å². The highest BCUT2D eigenvalue weighted by Crippen LogP contribution is 2.21. The summed E-state index contributed by atoms with van der Waals surface area (Å²) in [6.07, 6.45) is 5.21. The molecule has 0 aliphatic rings. The Hall–Kier alpha value is -3.12. The minimum Gasteiger partial charge on any atom is -0.348 e. The maximum absolute atomic E-state index is 12.5. The van der Waals surface area contributed by atoms with Gasteiger partial charge in [-0.15, -0.1) is 11.3 Å². The highest BCUT2D eigenvalue weighted by Gasteiger charge is 2.10. The van der Waals surface area contributed by atoms with E-state index in [1.165, 1.54) is 11.3 Å². The van der Waals surface area contributed by atoms with Crippen molar-refractivity contribution in [3.8, 4) is 11.3 Å². The second-order valence-electron chi connectivity index (χ2n) is 5.46. The van der Waals surface area contributed by atoms with Gasteiger partial charge in [0.05, 0.1) is 21.4 Å². The minimum absolute atomic E-state index is 0.111. The summed E-state index contributed by atoms with van der Waals surface area (Å²) in [5, 5.41) is 2.97. The zero-order chi connectivity index (χ0) is 17.1. The SMILES string of the molecule is O=C(NCc1cccnc1-c1ccncc1)c1ccc2ncsc2c1. The van der Waals surface area contributed by atoms with E-state index < -0.39 is 0 Å². The van der Waals surface area contributed by atoms with Gasteiger partial charge in [0.25, 0.3) is 5.91 Å². The maximum atomic E-state index is 12.5. The van der Waals surface area contributed by atoms with Gasteiger partial charge in [-0.2, -0.15) is 0 Å². The lowest BCUT2D eigenvalue weighted by Crippen LogP contribution is -2.23. The van der Waals surface area contributed by atoms with Crippen LogP contribution in [0.25, 0.3) is 21.5 Å². The molecule has 6 heteroatoms. The van der Waals surface area contributed by atoms with E-state index in [2.05, 4.69) is 20.3 Å². The van der Waals surface area contributed by atoms with Crippen molar-refractivity contribution in [2.24, 2.45) is 0 Å². The first-order valence-electron chi connectivity index (χ1n) is 7.77. The molecule has 4 aromatic rings. The van der Waals surface area contributed by atoms with E-state index in [0.29, 0.717) is 12.1 Å². The quantitative estimate of drug-likeness (QED) is 0.612. The Bertz CT molecular complexity index is 1030. The third-order valence-corrected chi connectivity index (χ3v) is 4.67. The number of nitrogens with one attached hydrogen (secondary N) is 1. The molecule has 0 unspecified atom stereocenters. The lowest BCUT2D eigenvalue weighted by molar-refractivity contribution is 0.0951. The molecule has 0 bridgehead atoms. The third kappa shape index (κ3) is 3.25. The van der Waals surface area contributed by atoms with Gasteiger partial charge in [0.15, 0.2) is 0 Å². The van der Waals surface area contributed by atoms with E-state index in [9.17, 15) is 4.79 Å². The van der Waals surface area contributed by atoms with Gasteiger partial charge in [0.1, 0.15) is 0 Å². The number of nitrogens with zero attached hydrogens (tertiary/aromatic N) is 3. The lowest BCUT2D eigenvalue weighted by atomic mass is 10.1. The minimum atomic E-state index is -0.111. The van der Waals surface area contributed by atoms with E-state index in [-0.39, 0.29) is 5.91 Å². The number of hydrogen-bond donors (Lipinski definition) is 1. The van der Waals surface area contributed by atoms with E-state index >= 15 is 0 Å². The lowest BCUT2D eigenvalue weighted by Gasteiger charge is -2.10. The number of thiazole rings is 1. The number of carbonyl (C=O) groups is 1. The monoisotopic (exact) mass is 346 g/mol. The summed E-state index contributed by atoms with van der Waals surface area (Å²) in [6.45, 7) is 0.408.